The molecule has 1 aromatic heterocycles. The molecule has 2 heterocycles. The first-order chi connectivity index (χ1) is 10.6. The van der Waals surface area contributed by atoms with Gasteiger partial charge in [0.15, 0.2) is 0 Å². The second-order valence-electron chi connectivity index (χ2n) is 5.61. The molecule has 1 aliphatic heterocycles. The van der Waals surface area contributed by atoms with Crippen molar-refractivity contribution in [3.63, 3.8) is 0 Å². The number of urea groups is 1. The molecule has 6 heteroatoms. The first-order valence-electron chi connectivity index (χ1n) is 7.44. The van der Waals surface area contributed by atoms with Crippen molar-refractivity contribution in [1.29, 1.82) is 0 Å². The Bertz CT molecular complexity index is 656. The van der Waals surface area contributed by atoms with E-state index in [-0.39, 0.29) is 12.1 Å². The summed E-state index contributed by atoms with van der Waals surface area (Å²) in [4.78, 5) is 14.5. The van der Waals surface area contributed by atoms with Crippen molar-refractivity contribution in [2.45, 2.75) is 32.4 Å². The van der Waals surface area contributed by atoms with Crippen LogP contribution in [0, 0.1) is 6.92 Å². The standard InChI is InChI=1S/C16H19ClN4O/c1-12-5-6-13(17)10-15(12)19-16(22)21-9-2-4-14(21)11-20-8-3-7-18-20/h3,5-8,10,14H,2,4,9,11H2,1H3,(H,19,22)/t14-/m1/s1. The fourth-order valence-corrected chi connectivity index (χ4v) is 3.01. The van der Waals surface area contributed by atoms with Gasteiger partial charge in [0.05, 0.1) is 12.6 Å². The van der Waals surface area contributed by atoms with Crippen LogP contribution in [0.5, 0.6) is 0 Å². The quantitative estimate of drug-likeness (QED) is 0.941. The summed E-state index contributed by atoms with van der Waals surface area (Å²) in [5.41, 5.74) is 1.77. The van der Waals surface area contributed by atoms with Gasteiger partial charge in [0.25, 0.3) is 0 Å². The minimum absolute atomic E-state index is 0.0694. The predicted molar refractivity (Wildman–Crippen MR) is 87.2 cm³/mol. The van der Waals surface area contributed by atoms with E-state index in [1.165, 1.54) is 0 Å². The summed E-state index contributed by atoms with van der Waals surface area (Å²) in [7, 11) is 0. The maximum atomic E-state index is 12.6. The van der Waals surface area contributed by atoms with Crippen LogP contribution in [0.2, 0.25) is 5.02 Å². The maximum absolute atomic E-state index is 12.6. The summed E-state index contributed by atoms with van der Waals surface area (Å²) < 4.78 is 1.88. The van der Waals surface area contributed by atoms with Crippen LogP contribution in [0.3, 0.4) is 0 Å². The zero-order chi connectivity index (χ0) is 15.5. The number of likely N-dealkylation sites (tertiary alicyclic amines) is 1. The molecule has 0 unspecified atom stereocenters. The van der Waals surface area contributed by atoms with Gasteiger partial charge in [0, 0.05) is 29.6 Å². The Morgan fingerprint density at radius 1 is 1.50 bits per heavy atom. The van der Waals surface area contributed by atoms with Crippen molar-refractivity contribution in [3.8, 4) is 0 Å². The highest BCUT2D eigenvalue weighted by Gasteiger charge is 2.29. The minimum Gasteiger partial charge on any atom is -0.320 e. The van der Waals surface area contributed by atoms with Crippen LogP contribution in [0.25, 0.3) is 0 Å². The number of aromatic nitrogens is 2. The van der Waals surface area contributed by atoms with E-state index in [4.69, 9.17) is 11.6 Å². The molecule has 1 saturated heterocycles. The van der Waals surface area contributed by atoms with Crippen LogP contribution >= 0.6 is 11.6 Å². The third kappa shape index (κ3) is 3.25. The van der Waals surface area contributed by atoms with Gasteiger partial charge in [-0.2, -0.15) is 5.10 Å². The molecule has 1 atom stereocenters. The molecule has 116 valence electrons. The molecule has 0 bridgehead atoms. The fraction of sp³-hybridized carbons (Fsp3) is 0.375. The van der Waals surface area contributed by atoms with Gasteiger partial charge in [0.2, 0.25) is 0 Å². The third-order valence-electron chi connectivity index (χ3n) is 4.04. The molecule has 1 N–H and O–H groups in total. The molecule has 22 heavy (non-hydrogen) atoms. The van der Waals surface area contributed by atoms with Crippen LogP contribution in [0.15, 0.2) is 36.7 Å². The Labute approximate surface area is 134 Å². The molecule has 2 aromatic rings. The van der Waals surface area contributed by atoms with Gasteiger partial charge in [-0.05, 0) is 43.5 Å². The highest BCUT2D eigenvalue weighted by atomic mass is 35.5. The Kier molecular flexibility index (Phi) is 4.34. The van der Waals surface area contributed by atoms with E-state index < -0.39 is 0 Å². The van der Waals surface area contributed by atoms with Crippen molar-refractivity contribution < 1.29 is 4.79 Å². The first kappa shape index (κ1) is 14.9. The van der Waals surface area contributed by atoms with Crippen LogP contribution in [-0.4, -0.2) is 33.3 Å². The Morgan fingerprint density at radius 2 is 2.36 bits per heavy atom. The number of carbonyl (C=O) groups excluding carboxylic acids is 1. The molecular formula is C16H19ClN4O. The van der Waals surface area contributed by atoms with E-state index in [9.17, 15) is 4.79 Å². The summed E-state index contributed by atoms with van der Waals surface area (Å²) in [5, 5.41) is 7.82. The largest absolute Gasteiger partial charge is 0.322 e. The molecule has 0 radical (unpaired) electrons. The molecule has 2 amide bonds. The van der Waals surface area contributed by atoms with Gasteiger partial charge in [-0.1, -0.05) is 17.7 Å². The molecule has 1 aromatic carbocycles. The van der Waals surface area contributed by atoms with E-state index in [0.29, 0.717) is 5.02 Å². The fourth-order valence-electron chi connectivity index (χ4n) is 2.83. The lowest BCUT2D eigenvalue weighted by Gasteiger charge is -2.25. The van der Waals surface area contributed by atoms with Crippen LogP contribution in [0.1, 0.15) is 18.4 Å². The summed E-state index contributed by atoms with van der Waals surface area (Å²) in [6.07, 6.45) is 5.71. The average Bonchev–Trinajstić information content (AvgIpc) is 3.15. The van der Waals surface area contributed by atoms with E-state index in [0.717, 1.165) is 37.2 Å². The Hall–Kier alpha value is -2.01. The maximum Gasteiger partial charge on any atom is 0.322 e. The average molecular weight is 319 g/mol. The van der Waals surface area contributed by atoms with Crippen molar-refractivity contribution in [1.82, 2.24) is 14.7 Å². The number of nitrogens with one attached hydrogen (secondary N) is 1. The predicted octanol–water partition coefficient (Wildman–Crippen LogP) is 3.54. The van der Waals surface area contributed by atoms with Gasteiger partial charge in [0.1, 0.15) is 0 Å². The normalized spacial score (nSPS) is 17.7. The second kappa shape index (κ2) is 6.40. The van der Waals surface area contributed by atoms with Gasteiger partial charge in [-0.3, -0.25) is 4.68 Å². The lowest BCUT2D eigenvalue weighted by atomic mass is 10.2. The van der Waals surface area contributed by atoms with Gasteiger partial charge >= 0.3 is 6.03 Å². The highest BCUT2D eigenvalue weighted by molar-refractivity contribution is 6.31. The van der Waals surface area contributed by atoms with Crippen LogP contribution < -0.4 is 5.32 Å². The van der Waals surface area contributed by atoms with Gasteiger partial charge in [-0.15, -0.1) is 0 Å². The number of anilines is 1. The molecular weight excluding hydrogens is 300 g/mol. The van der Waals surface area contributed by atoms with E-state index in [2.05, 4.69) is 10.4 Å². The minimum atomic E-state index is -0.0694. The van der Waals surface area contributed by atoms with E-state index in [1.807, 2.05) is 40.9 Å². The zero-order valence-electron chi connectivity index (χ0n) is 12.5. The van der Waals surface area contributed by atoms with Crippen molar-refractivity contribution in [2.24, 2.45) is 0 Å². The number of carbonyl (C=O) groups is 1. The van der Waals surface area contributed by atoms with E-state index in [1.54, 1.807) is 12.3 Å². The molecule has 0 spiro atoms. The zero-order valence-corrected chi connectivity index (χ0v) is 13.3. The third-order valence-corrected chi connectivity index (χ3v) is 4.27. The number of benzene rings is 1. The summed E-state index contributed by atoms with van der Waals surface area (Å²) in [6, 6.07) is 7.52. The van der Waals surface area contributed by atoms with Crippen molar-refractivity contribution >= 4 is 23.3 Å². The SMILES string of the molecule is Cc1ccc(Cl)cc1NC(=O)N1CCC[C@@H]1Cn1cccn1. The monoisotopic (exact) mass is 318 g/mol. The molecule has 0 aliphatic carbocycles. The number of halogens is 1. The molecule has 1 aliphatic rings. The Morgan fingerprint density at radius 3 is 3.14 bits per heavy atom. The van der Waals surface area contributed by atoms with Crippen molar-refractivity contribution in [2.75, 3.05) is 11.9 Å². The summed E-state index contributed by atoms with van der Waals surface area (Å²) in [5.74, 6) is 0. The Balaban J connectivity index is 1.69. The lowest BCUT2D eigenvalue weighted by molar-refractivity contribution is 0.199. The molecule has 0 saturated carbocycles. The number of amides is 2. The summed E-state index contributed by atoms with van der Waals surface area (Å²) >= 11 is 6.01. The van der Waals surface area contributed by atoms with Crippen molar-refractivity contribution in [3.05, 3.63) is 47.2 Å². The number of rotatable bonds is 3. The number of aryl methyl sites for hydroxylation is 1. The number of nitrogens with zero attached hydrogens (tertiary/aromatic N) is 3. The topological polar surface area (TPSA) is 50.2 Å². The van der Waals surface area contributed by atoms with Crippen LogP contribution in [0.4, 0.5) is 10.5 Å². The molecule has 3 rings (SSSR count). The van der Waals surface area contributed by atoms with Crippen LogP contribution in [-0.2, 0) is 6.54 Å². The smallest absolute Gasteiger partial charge is 0.320 e. The lowest BCUT2D eigenvalue weighted by Crippen LogP contribution is -2.41. The first-order valence-corrected chi connectivity index (χ1v) is 7.82. The number of hydrogen-bond acceptors (Lipinski definition) is 2. The summed E-state index contributed by atoms with van der Waals surface area (Å²) in [6.45, 7) is 3.46. The molecule has 5 nitrogen and oxygen atoms in total. The van der Waals surface area contributed by atoms with Gasteiger partial charge in [-0.25, -0.2) is 4.79 Å². The highest BCUT2D eigenvalue weighted by Crippen LogP contribution is 2.23. The van der Waals surface area contributed by atoms with E-state index >= 15 is 0 Å². The van der Waals surface area contributed by atoms with Gasteiger partial charge < -0.3 is 10.2 Å². The molecule has 1 fully saturated rings. The number of hydrogen-bond donors (Lipinski definition) is 1. The second-order valence-corrected chi connectivity index (χ2v) is 6.04.